The second-order valence-electron chi connectivity index (χ2n) is 4.32. The lowest BCUT2D eigenvalue weighted by Crippen LogP contribution is -2.09. The fourth-order valence-corrected chi connectivity index (χ4v) is 2.77. The molecule has 0 aliphatic rings. The van der Waals surface area contributed by atoms with E-state index in [2.05, 4.69) is 10.3 Å². The fourth-order valence-electron chi connectivity index (χ4n) is 1.89. The zero-order chi connectivity index (χ0) is 14.0. The molecule has 100 valence electrons. The zero-order valence-electron chi connectivity index (χ0n) is 10.5. The fraction of sp³-hybridized carbons (Fsp3) is 0.214. The van der Waals surface area contributed by atoms with E-state index in [1.807, 2.05) is 38.1 Å². The van der Waals surface area contributed by atoms with Crippen LogP contribution >= 0.6 is 34.8 Å². The molecule has 0 spiro atoms. The Kier molecular flexibility index (Phi) is 4.56. The highest BCUT2D eigenvalue weighted by Crippen LogP contribution is 2.31. The van der Waals surface area contributed by atoms with Crippen LogP contribution in [0.3, 0.4) is 0 Å². The molecule has 19 heavy (non-hydrogen) atoms. The van der Waals surface area contributed by atoms with Gasteiger partial charge in [0.15, 0.2) is 5.15 Å². The molecule has 1 atom stereocenters. The van der Waals surface area contributed by atoms with Crippen LogP contribution in [-0.4, -0.2) is 4.98 Å². The summed E-state index contributed by atoms with van der Waals surface area (Å²) >= 11 is 18.2. The van der Waals surface area contributed by atoms with Crippen LogP contribution in [-0.2, 0) is 0 Å². The molecule has 2 aromatic rings. The first-order valence-corrected chi connectivity index (χ1v) is 6.96. The molecular formula is C14H13Cl3N2. The first-order valence-electron chi connectivity index (χ1n) is 5.82. The molecule has 2 rings (SSSR count). The summed E-state index contributed by atoms with van der Waals surface area (Å²) in [5, 5.41) is 4.80. The lowest BCUT2D eigenvalue weighted by Gasteiger charge is -2.19. The van der Waals surface area contributed by atoms with Gasteiger partial charge in [-0.15, -0.1) is 0 Å². The van der Waals surface area contributed by atoms with Crippen molar-refractivity contribution in [2.75, 3.05) is 5.32 Å². The smallest absolute Gasteiger partial charge is 0.154 e. The molecule has 0 amide bonds. The van der Waals surface area contributed by atoms with E-state index in [4.69, 9.17) is 34.8 Å². The Balaban J connectivity index is 2.29. The summed E-state index contributed by atoms with van der Waals surface area (Å²) in [6.45, 7) is 3.95. The summed E-state index contributed by atoms with van der Waals surface area (Å²) in [5.74, 6) is 0. The summed E-state index contributed by atoms with van der Waals surface area (Å²) < 4.78 is 0. The van der Waals surface area contributed by atoms with Crippen molar-refractivity contribution >= 4 is 40.5 Å². The SMILES string of the molecule is Cc1cc(Cl)nc(Cl)c1NC(C)c1ccccc1Cl. The largest absolute Gasteiger partial charge is 0.376 e. The van der Waals surface area contributed by atoms with Gasteiger partial charge in [0.05, 0.1) is 11.7 Å². The van der Waals surface area contributed by atoms with E-state index in [0.717, 1.165) is 21.8 Å². The van der Waals surface area contributed by atoms with E-state index in [1.54, 1.807) is 6.07 Å². The average Bonchev–Trinajstić information content (AvgIpc) is 2.34. The Bertz CT molecular complexity index is 576. The maximum absolute atomic E-state index is 6.18. The lowest BCUT2D eigenvalue weighted by molar-refractivity contribution is 0.881. The quantitative estimate of drug-likeness (QED) is 0.754. The van der Waals surface area contributed by atoms with Gasteiger partial charge in [0.1, 0.15) is 5.15 Å². The molecule has 1 unspecified atom stereocenters. The second-order valence-corrected chi connectivity index (χ2v) is 5.47. The van der Waals surface area contributed by atoms with Crippen LogP contribution in [0.1, 0.15) is 24.1 Å². The standard InChI is InChI=1S/C14H13Cl3N2/c1-8-7-12(16)19-14(17)13(8)18-9(2)10-5-3-4-6-11(10)15/h3-7,9,18H,1-2H3. The van der Waals surface area contributed by atoms with Gasteiger partial charge in [-0.2, -0.15) is 0 Å². The average molecular weight is 316 g/mol. The van der Waals surface area contributed by atoms with Gasteiger partial charge in [0.2, 0.25) is 0 Å². The molecule has 2 nitrogen and oxygen atoms in total. The molecule has 1 aromatic heterocycles. The summed E-state index contributed by atoms with van der Waals surface area (Å²) in [6.07, 6.45) is 0. The van der Waals surface area contributed by atoms with Crippen LogP contribution in [0.25, 0.3) is 0 Å². The summed E-state index contributed by atoms with van der Waals surface area (Å²) in [6, 6.07) is 9.49. The molecule has 0 saturated heterocycles. The van der Waals surface area contributed by atoms with Crippen molar-refractivity contribution < 1.29 is 0 Å². The first-order chi connectivity index (χ1) is 8.99. The number of hydrogen-bond acceptors (Lipinski definition) is 2. The van der Waals surface area contributed by atoms with Crippen LogP contribution in [0.15, 0.2) is 30.3 Å². The van der Waals surface area contributed by atoms with Crippen molar-refractivity contribution in [3.63, 3.8) is 0 Å². The van der Waals surface area contributed by atoms with Crippen molar-refractivity contribution in [3.8, 4) is 0 Å². The molecular weight excluding hydrogens is 303 g/mol. The van der Waals surface area contributed by atoms with Crippen LogP contribution in [0.5, 0.6) is 0 Å². The number of anilines is 1. The monoisotopic (exact) mass is 314 g/mol. The van der Waals surface area contributed by atoms with Gasteiger partial charge in [-0.05, 0) is 37.1 Å². The van der Waals surface area contributed by atoms with Crippen LogP contribution in [0, 0.1) is 6.92 Å². The van der Waals surface area contributed by atoms with E-state index in [9.17, 15) is 0 Å². The highest BCUT2D eigenvalue weighted by Gasteiger charge is 2.13. The number of pyridine rings is 1. The Morgan fingerprint density at radius 2 is 1.84 bits per heavy atom. The number of hydrogen-bond donors (Lipinski definition) is 1. The van der Waals surface area contributed by atoms with Gasteiger partial charge in [-0.3, -0.25) is 0 Å². The van der Waals surface area contributed by atoms with Gasteiger partial charge >= 0.3 is 0 Å². The maximum Gasteiger partial charge on any atom is 0.154 e. The molecule has 0 aliphatic carbocycles. The minimum Gasteiger partial charge on any atom is -0.376 e. The van der Waals surface area contributed by atoms with Gasteiger partial charge in [0, 0.05) is 5.02 Å². The number of aryl methyl sites for hydroxylation is 1. The normalized spacial score (nSPS) is 12.3. The molecule has 0 radical (unpaired) electrons. The molecule has 0 saturated carbocycles. The molecule has 1 N–H and O–H groups in total. The summed E-state index contributed by atoms with van der Waals surface area (Å²) in [7, 11) is 0. The third kappa shape index (κ3) is 3.33. The number of nitrogens with zero attached hydrogens (tertiary/aromatic N) is 1. The highest BCUT2D eigenvalue weighted by molar-refractivity contribution is 6.34. The van der Waals surface area contributed by atoms with Gasteiger partial charge in [-0.25, -0.2) is 4.98 Å². The Morgan fingerprint density at radius 3 is 2.47 bits per heavy atom. The molecule has 0 bridgehead atoms. The first kappa shape index (κ1) is 14.4. The van der Waals surface area contributed by atoms with Crippen LogP contribution < -0.4 is 5.32 Å². The third-order valence-electron chi connectivity index (χ3n) is 2.87. The van der Waals surface area contributed by atoms with Crippen molar-refractivity contribution in [3.05, 3.63) is 56.8 Å². The molecule has 5 heteroatoms. The van der Waals surface area contributed by atoms with Gasteiger partial charge in [-0.1, -0.05) is 53.0 Å². The second kappa shape index (κ2) is 6.00. The third-order valence-corrected chi connectivity index (χ3v) is 3.69. The summed E-state index contributed by atoms with van der Waals surface area (Å²) in [5.41, 5.74) is 2.73. The predicted molar refractivity (Wildman–Crippen MR) is 82.5 cm³/mol. The zero-order valence-corrected chi connectivity index (χ0v) is 12.8. The van der Waals surface area contributed by atoms with E-state index in [1.165, 1.54) is 0 Å². The Hall–Kier alpha value is -0.960. The Morgan fingerprint density at radius 1 is 1.16 bits per heavy atom. The molecule has 0 fully saturated rings. The molecule has 1 heterocycles. The van der Waals surface area contributed by atoms with E-state index < -0.39 is 0 Å². The predicted octanol–water partition coefficient (Wildman–Crippen LogP) is 5.52. The van der Waals surface area contributed by atoms with E-state index >= 15 is 0 Å². The minimum absolute atomic E-state index is 0.0212. The molecule has 0 aliphatic heterocycles. The maximum atomic E-state index is 6.18. The highest BCUT2D eigenvalue weighted by atomic mass is 35.5. The lowest BCUT2D eigenvalue weighted by atomic mass is 10.1. The van der Waals surface area contributed by atoms with Gasteiger partial charge in [0.25, 0.3) is 0 Å². The van der Waals surface area contributed by atoms with Crippen molar-refractivity contribution in [1.82, 2.24) is 4.98 Å². The van der Waals surface area contributed by atoms with Crippen LogP contribution in [0.2, 0.25) is 15.3 Å². The van der Waals surface area contributed by atoms with Crippen molar-refractivity contribution in [1.29, 1.82) is 0 Å². The molecule has 1 aromatic carbocycles. The number of rotatable bonds is 3. The minimum atomic E-state index is 0.0212. The number of aromatic nitrogens is 1. The number of nitrogens with one attached hydrogen (secondary N) is 1. The van der Waals surface area contributed by atoms with E-state index in [-0.39, 0.29) is 6.04 Å². The van der Waals surface area contributed by atoms with Crippen molar-refractivity contribution in [2.24, 2.45) is 0 Å². The van der Waals surface area contributed by atoms with Crippen LogP contribution in [0.4, 0.5) is 5.69 Å². The van der Waals surface area contributed by atoms with Crippen molar-refractivity contribution in [2.45, 2.75) is 19.9 Å². The Labute approximate surface area is 127 Å². The summed E-state index contributed by atoms with van der Waals surface area (Å²) in [4.78, 5) is 4.04. The number of benzene rings is 1. The van der Waals surface area contributed by atoms with Gasteiger partial charge < -0.3 is 5.32 Å². The van der Waals surface area contributed by atoms with E-state index in [0.29, 0.717) is 10.3 Å². The number of halogens is 3. The topological polar surface area (TPSA) is 24.9 Å².